The van der Waals surface area contributed by atoms with Crippen molar-refractivity contribution < 1.29 is 19.7 Å². The monoisotopic (exact) mass is 403 g/mol. The van der Waals surface area contributed by atoms with Crippen LogP contribution in [0.5, 0.6) is 5.75 Å². The maximum Gasteiger partial charge on any atom is 0.311 e. The van der Waals surface area contributed by atoms with Crippen LogP contribution < -0.4 is 4.90 Å². The second kappa shape index (κ2) is 7.13. The number of nitro groups is 2. The number of thiocarbonyl (C=S) groups is 1. The Kier molecular flexibility index (Phi) is 4.88. The predicted octanol–water partition coefficient (Wildman–Crippen LogP) is 3.61. The number of amides is 1. The number of nitrogens with zero attached hydrogens (tertiary/aromatic N) is 3. The van der Waals surface area contributed by atoms with Crippen molar-refractivity contribution in [1.82, 2.24) is 0 Å². The molecule has 0 radical (unpaired) electrons. The van der Waals surface area contributed by atoms with E-state index in [0.717, 1.165) is 28.8 Å². The van der Waals surface area contributed by atoms with Gasteiger partial charge in [0, 0.05) is 18.2 Å². The average Bonchev–Trinajstić information content (AvgIpc) is 2.90. The summed E-state index contributed by atoms with van der Waals surface area (Å²) in [7, 11) is 0. The molecule has 0 aromatic heterocycles. The van der Waals surface area contributed by atoms with Gasteiger partial charge in [0.15, 0.2) is 10.1 Å². The van der Waals surface area contributed by atoms with Crippen molar-refractivity contribution >= 4 is 57.3 Å². The van der Waals surface area contributed by atoms with E-state index >= 15 is 0 Å². The highest BCUT2D eigenvalue weighted by Crippen LogP contribution is 2.37. The van der Waals surface area contributed by atoms with Gasteiger partial charge in [0.1, 0.15) is 0 Å². The Morgan fingerprint density at radius 2 is 1.85 bits per heavy atom. The first-order valence-corrected chi connectivity index (χ1v) is 8.50. The van der Waals surface area contributed by atoms with Crippen molar-refractivity contribution in [3.63, 3.8) is 0 Å². The molecule has 2 aromatic carbocycles. The van der Waals surface area contributed by atoms with Gasteiger partial charge < -0.3 is 5.11 Å². The van der Waals surface area contributed by atoms with E-state index in [2.05, 4.69) is 0 Å². The van der Waals surface area contributed by atoms with Crippen LogP contribution in [0.1, 0.15) is 5.56 Å². The van der Waals surface area contributed by atoms with Crippen LogP contribution in [0.15, 0.2) is 47.4 Å². The van der Waals surface area contributed by atoms with Crippen LogP contribution in [-0.2, 0) is 4.79 Å². The van der Waals surface area contributed by atoms with Crippen LogP contribution in [0, 0.1) is 20.2 Å². The summed E-state index contributed by atoms with van der Waals surface area (Å²) < 4.78 is 0.181. The van der Waals surface area contributed by atoms with E-state index in [4.69, 9.17) is 12.2 Å². The molecule has 27 heavy (non-hydrogen) atoms. The zero-order valence-corrected chi connectivity index (χ0v) is 14.9. The number of phenolic OH excluding ortho intramolecular Hbond substituents is 1. The average molecular weight is 403 g/mol. The second-order valence-corrected chi connectivity index (χ2v) is 6.98. The minimum absolute atomic E-state index is 0.181. The number of anilines is 1. The summed E-state index contributed by atoms with van der Waals surface area (Å²) in [6.45, 7) is 0. The van der Waals surface area contributed by atoms with Gasteiger partial charge in [0.05, 0.1) is 20.4 Å². The van der Waals surface area contributed by atoms with Gasteiger partial charge in [-0.2, -0.15) is 0 Å². The molecule has 1 aliphatic rings. The maximum absolute atomic E-state index is 12.7. The summed E-state index contributed by atoms with van der Waals surface area (Å²) in [6.07, 6.45) is 1.41. The molecule has 0 saturated carbocycles. The van der Waals surface area contributed by atoms with E-state index in [-0.39, 0.29) is 20.6 Å². The summed E-state index contributed by atoms with van der Waals surface area (Å²) in [5, 5.41) is 31.4. The lowest BCUT2D eigenvalue weighted by Gasteiger charge is -2.13. The molecule has 136 valence electrons. The Morgan fingerprint density at radius 1 is 1.11 bits per heavy atom. The van der Waals surface area contributed by atoms with E-state index in [9.17, 15) is 30.1 Å². The molecule has 0 atom stereocenters. The molecule has 1 saturated heterocycles. The number of hydrogen-bond donors (Lipinski definition) is 1. The first-order chi connectivity index (χ1) is 12.8. The standard InChI is InChI=1S/C16H9N3O6S2/c20-13-5-4-9(6-12(13)19(24)25)7-14-15(21)17(16(26)27-14)10-2-1-3-11(8-10)18(22)23/h1-8,20H/b14-7-. The Balaban J connectivity index is 1.96. The van der Waals surface area contributed by atoms with Crippen molar-refractivity contribution in [3.05, 3.63) is 73.2 Å². The fourth-order valence-corrected chi connectivity index (χ4v) is 3.66. The molecule has 1 N–H and O–H groups in total. The Labute approximate surface area is 161 Å². The summed E-state index contributed by atoms with van der Waals surface area (Å²) in [4.78, 5) is 34.6. The number of nitro benzene ring substituents is 2. The van der Waals surface area contributed by atoms with Crippen LogP contribution in [-0.4, -0.2) is 25.2 Å². The van der Waals surface area contributed by atoms with Crippen molar-refractivity contribution in [2.45, 2.75) is 0 Å². The Morgan fingerprint density at radius 3 is 2.52 bits per heavy atom. The smallest absolute Gasteiger partial charge is 0.311 e. The topological polar surface area (TPSA) is 127 Å². The lowest BCUT2D eigenvalue weighted by atomic mass is 10.1. The number of non-ortho nitro benzene ring substituents is 1. The molecular weight excluding hydrogens is 394 g/mol. The molecular formula is C16H9N3O6S2. The third-order valence-electron chi connectivity index (χ3n) is 3.59. The Bertz CT molecular complexity index is 1040. The molecule has 1 heterocycles. The largest absolute Gasteiger partial charge is 0.502 e. The van der Waals surface area contributed by atoms with E-state index in [0.29, 0.717) is 5.56 Å². The number of rotatable bonds is 4. The van der Waals surface area contributed by atoms with E-state index in [1.807, 2.05) is 0 Å². The quantitative estimate of drug-likeness (QED) is 0.355. The van der Waals surface area contributed by atoms with Crippen LogP contribution in [0.2, 0.25) is 0 Å². The number of aromatic hydroxyl groups is 1. The van der Waals surface area contributed by atoms with Gasteiger partial charge in [-0.05, 0) is 23.8 Å². The molecule has 0 aliphatic carbocycles. The van der Waals surface area contributed by atoms with Gasteiger partial charge in [0.25, 0.3) is 11.6 Å². The van der Waals surface area contributed by atoms with Gasteiger partial charge in [-0.25, -0.2) is 0 Å². The predicted molar refractivity (Wildman–Crippen MR) is 104 cm³/mol. The molecule has 0 bridgehead atoms. The number of thioether (sulfide) groups is 1. The van der Waals surface area contributed by atoms with E-state index < -0.39 is 27.2 Å². The molecule has 0 unspecified atom stereocenters. The number of carbonyl (C=O) groups is 1. The Hall–Kier alpha value is -3.31. The van der Waals surface area contributed by atoms with Crippen molar-refractivity contribution in [2.24, 2.45) is 0 Å². The zero-order valence-electron chi connectivity index (χ0n) is 13.3. The van der Waals surface area contributed by atoms with Gasteiger partial charge in [0.2, 0.25) is 0 Å². The number of hydrogen-bond acceptors (Lipinski definition) is 8. The lowest BCUT2D eigenvalue weighted by molar-refractivity contribution is -0.385. The van der Waals surface area contributed by atoms with Crippen molar-refractivity contribution in [2.75, 3.05) is 4.90 Å². The third-order valence-corrected chi connectivity index (χ3v) is 4.89. The molecule has 11 heteroatoms. The van der Waals surface area contributed by atoms with Crippen LogP contribution in [0.4, 0.5) is 17.1 Å². The molecule has 3 rings (SSSR count). The fourth-order valence-electron chi connectivity index (χ4n) is 2.36. The molecule has 0 spiro atoms. The number of phenols is 1. The molecule has 1 aliphatic heterocycles. The summed E-state index contributed by atoms with van der Waals surface area (Å²) in [5.41, 5.74) is -0.0802. The maximum atomic E-state index is 12.7. The normalized spacial score (nSPS) is 15.4. The fraction of sp³-hybridized carbons (Fsp3) is 0. The highest BCUT2D eigenvalue weighted by Gasteiger charge is 2.34. The third kappa shape index (κ3) is 3.64. The van der Waals surface area contributed by atoms with Crippen LogP contribution >= 0.6 is 24.0 Å². The molecule has 1 amide bonds. The first-order valence-electron chi connectivity index (χ1n) is 7.28. The van der Waals surface area contributed by atoms with Gasteiger partial charge >= 0.3 is 5.69 Å². The summed E-state index contributed by atoms with van der Waals surface area (Å²) >= 11 is 6.17. The molecule has 9 nitrogen and oxygen atoms in total. The highest BCUT2D eigenvalue weighted by atomic mass is 32.2. The minimum Gasteiger partial charge on any atom is -0.502 e. The summed E-state index contributed by atoms with van der Waals surface area (Å²) in [6, 6.07) is 9.21. The second-order valence-electron chi connectivity index (χ2n) is 5.30. The minimum atomic E-state index is -0.735. The van der Waals surface area contributed by atoms with Crippen LogP contribution in [0.25, 0.3) is 6.08 Å². The highest BCUT2D eigenvalue weighted by molar-refractivity contribution is 8.27. The lowest BCUT2D eigenvalue weighted by Crippen LogP contribution is -2.27. The van der Waals surface area contributed by atoms with Gasteiger partial charge in [-0.1, -0.05) is 36.1 Å². The van der Waals surface area contributed by atoms with Crippen LogP contribution in [0.3, 0.4) is 0 Å². The number of benzene rings is 2. The van der Waals surface area contributed by atoms with E-state index in [1.54, 1.807) is 0 Å². The zero-order chi connectivity index (χ0) is 19.7. The van der Waals surface area contributed by atoms with Crippen molar-refractivity contribution in [1.29, 1.82) is 0 Å². The molecule has 2 aromatic rings. The summed E-state index contributed by atoms with van der Waals surface area (Å²) in [5.74, 6) is -0.984. The SMILES string of the molecule is O=C1/C(=C/c2ccc(O)c([N+](=O)[O-])c2)SC(=S)N1c1cccc([N+](=O)[O-])c1. The van der Waals surface area contributed by atoms with Gasteiger partial charge in [-0.3, -0.25) is 29.9 Å². The van der Waals surface area contributed by atoms with Crippen molar-refractivity contribution in [3.8, 4) is 5.75 Å². The first kappa shape index (κ1) is 18.5. The molecule has 1 fully saturated rings. The van der Waals surface area contributed by atoms with E-state index in [1.165, 1.54) is 36.4 Å². The number of carbonyl (C=O) groups excluding carboxylic acids is 1. The van der Waals surface area contributed by atoms with Gasteiger partial charge in [-0.15, -0.1) is 0 Å².